The summed E-state index contributed by atoms with van der Waals surface area (Å²) in [6.07, 6.45) is 7.19. The fourth-order valence-electron chi connectivity index (χ4n) is 5.09. The Balaban J connectivity index is 1.52. The highest BCUT2D eigenvalue weighted by molar-refractivity contribution is 7.09. The standard InChI is InChI=1S/C23H31N3OS/c1-17-24-20(16-28-17)14-22(27)26-12-8-4-7-11-21-23(26,2)15-19(25-21)13-18-9-5-3-6-10-18/h3,5-6,9-10,16,19,21,25H,4,7-8,11-15H2,1-2H3/t19-,21+,23+/m1/s1. The van der Waals surface area contributed by atoms with Gasteiger partial charge in [-0.3, -0.25) is 4.79 Å². The SMILES string of the molecule is Cc1nc(CC(=O)N2CCCCC[C@@H]3N[C@H](Cc4ccccc4)C[C@@]32C)cs1. The van der Waals surface area contributed by atoms with Crippen molar-refractivity contribution in [3.05, 3.63) is 52.0 Å². The molecule has 2 aliphatic rings. The summed E-state index contributed by atoms with van der Waals surface area (Å²) < 4.78 is 0. The lowest BCUT2D eigenvalue weighted by molar-refractivity contribution is -0.137. The lowest BCUT2D eigenvalue weighted by Gasteiger charge is -2.44. The Morgan fingerprint density at radius 1 is 1.29 bits per heavy atom. The third-order valence-corrected chi connectivity index (χ3v) is 7.29. The van der Waals surface area contributed by atoms with E-state index in [1.807, 2.05) is 12.3 Å². The Kier molecular flexibility index (Phi) is 5.83. The van der Waals surface area contributed by atoms with Crippen molar-refractivity contribution in [2.75, 3.05) is 6.54 Å². The van der Waals surface area contributed by atoms with Gasteiger partial charge in [0.05, 0.1) is 22.7 Å². The number of benzene rings is 1. The Morgan fingerprint density at radius 2 is 2.11 bits per heavy atom. The molecule has 3 heterocycles. The maximum atomic E-state index is 13.3. The van der Waals surface area contributed by atoms with Gasteiger partial charge in [0.1, 0.15) is 0 Å². The number of rotatable bonds is 4. The van der Waals surface area contributed by atoms with Gasteiger partial charge in [-0.25, -0.2) is 4.98 Å². The van der Waals surface area contributed by atoms with Crippen LogP contribution in [0.4, 0.5) is 0 Å². The van der Waals surface area contributed by atoms with E-state index in [9.17, 15) is 4.79 Å². The first-order chi connectivity index (χ1) is 13.5. The van der Waals surface area contributed by atoms with Gasteiger partial charge in [0.25, 0.3) is 0 Å². The van der Waals surface area contributed by atoms with Gasteiger partial charge in [0, 0.05) is 24.0 Å². The maximum Gasteiger partial charge on any atom is 0.229 e. The second-order valence-corrected chi connectivity index (χ2v) is 9.66. The molecule has 0 radical (unpaired) electrons. The molecule has 3 atom stereocenters. The highest BCUT2D eigenvalue weighted by Crippen LogP contribution is 2.37. The van der Waals surface area contributed by atoms with Crippen LogP contribution < -0.4 is 5.32 Å². The molecule has 0 aliphatic carbocycles. The quantitative estimate of drug-likeness (QED) is 0.844. The van der Waals surface area contributed by atoms with Crippen molar-refractivity contribution in [3.63, 3.8) is 0 Å². The van der Waals surface area contributed by atoms with Crippen LogP contribution in [0.1, 0.15) is 55.3 Å². The first kappa shape index (κ1) is 19.6. The fourth-order valence-corrected chi connectivity index (χ4v) is 5.70. The van der Waals surface area contributed by atoms with Gasteiger partial charge in [-0.05, 0) is 45.1 Å². The third kappa shape index (κ3) is 4.15. The van der Waals surface area contributed by atoms with E-state index in [4.69, 9.17) is 0 Å². The average Bonchev–Trinajstić information content (AvgIpc) is 3.20. The summed E-state index contributed by atoms with van der Waals surface area (Å²) in [5, 5.41) is 6.96. The molecule has 2 aromatic rings. The summed E-state index contributed by atoms with van der Waals surface area (Å²) >= 11 is 1.63. The van der Waals surface area contributed by atoms with E-state index in [0.717, 1.165) is 42.9 Å². The van der Waals surface area contributed by atoms with E-state index in [1.54, 1.807) is 11.3 Å². The largest absolute Gasteiger partial charge is 0.335 e. The van der Waals surface area contributed by atoms with E-state index >= 15 is 0 Å². The molecule has 28 heavy (non-hydrogen) atoms. The summed E-state index contributed by atoms with van der Waals surface area (Å²) in [7, 11) is 0. The number of nitrogens with one attached hydrogen (secondary N) is 1. The van der Waals surface area contributed by atoms with Crippen LogP contribution in [0.15, 0.2) is 35.7 Å². The Labute approximate surface area is 172 Å². The molecule has 1 amide bonds. The summed E-state index contributed by atoms with van der Waals surface area (Å²) in [6, 6.07) is 11.5. The minimum atomic E-state index is -0.109. The van der Waals surface area contributed by atoms with Gasteiger partial charge in [0.15, 0.2) is 0 Å². The third-order valence-electron chi connectivity index (χ3n) is 6.46. The monoisotopic (exact) mass is 397 g/mol. The topological polar surface area (TPSA) is 45.2 Å². The Morgan fingerprint density at radius 3 is 2.86 bits per heavy atom. The molecule has 0 bridgehead atoms. The van der Waals surface area contributed by atoms with Crippen molar-refractivity contribution in [1.82, 2.24) is 15.2 Å². The molecule has 4 rings (SSSR count). The zero-order valence-electron chi connectivity index (χ0n) is 17.0. The Bertz CT molecular complexity index is 805. The number of hydrogen-bond acceptors (Lipinski definition) is 4. The number of fused-ring (bicyclic) bond motifs is 1. The van der Waals surface area contributed by atoms with Crippen molar-refractivity contribution in [2.45, 2.75) is 76.4 Å². The molecule has 0 spiro atoms. The van der Waals surface area contributed by atoms with E-state index in [0.29, 0.717) is 18.5 Å². The van der Waals surface area contributed by atoms with Crippen LogP contribution in [0.3, 0.4) is 0 Å². The smallest absolute Gasteiger partial charge is 0.229 e. The number of aryl methyl sites for hydroxylation is 1. The molecule has 0 saturated carbocycles. The molecule has 2 aliphatic heterocycles. The number of nitrogens with zero attached hydrogens (tertiary/aromatic N) is 2. The van der Waals surface area contributed by atoms with Gasteiger partial charge < -0.3 is 10.2 Å². The fraction of sp³-hybridized carbons (Fsp3) is 0.565. The predicted molar refractivity (Wildman–Crippen MR) is 115 cm³/mol. The molecule has 1 N–H and O–H groups in total. The molecule has 2 saturated heterocycles. The molecule has 5 heteroatoms. The lowest BCUT2D eigenvalue weighted by atomic mass is 9.83. The van der Waals surface area contributed by atoms with Crippen molar-refractivity contribution in [1.29, 1.82) is 0 Å². The normalized spacial score (nSPS) is 27.9. The van der Waals surface area contributed by atoms with Crippen molar-refractivity contribution in [3.8, 4) is 0 Å². The van der Waals surface area contributed by atoms with Gasteiger partial charge >= 0.3 is 0 Å². The zero-order valence-corrected chi connectivity index (χ0v) is 17.8. The maximum absolute atomic E-state index is 13.3. The second kappa shape index (κ2) is 8.34. The Hall–Kier alpha value is -1.72. The van der Waals surface area contributed by atoms with Crippen LogP contribution in [0.2, 0.25) is 0 Å². The minimum Gasteiger partial charge on any atom is -0.335 e. The number of likely N-dealkylation sites (tertiary alicyclic amines) is 1. The number of thiazole rings is 1. The van der Waals surface area contributed by atoms with Crippen molar-refractivity contribution < 1.29 is 4.79 Å². The molecular formula is C23H31N3OS. The lowest BCUT2D eigenvalue weighted by Crippen LogP contribution is -2.57. The zero-order chi connectivity index (χ0) is 19.6. The van der Waals surface area contributed by atoms with Crippen LogP contribution in [-0.4, -0.2) is 40.0 Å². The van der Waals surface area contributed by atoms with Gasteiger partial charge in [-0.1, -0.05) is 43.2 Å². The summed E-state index contributed by atoms with van der Waals surface area (Å²) in [6.45, 7) is 5.18. The molecule has 2 fully saturated rings. The van der Waals surface area contributed by atoms with Gasteiger partial charge in [-0.15, -0.1) is 11.3 Å². The van der Waals surface area contributed by atoms with Crippen LogP contribution >= 0.6 is 11.3 Å². The van der Waals surface area contributed by atoms with Crippen LogP contribution in [0, 0.1) is 6.92 Å². The summed E-state index contributed by atoms with van der Waals surface area (Å²) in [4.78, 5) is 20.0. The summed E-state index contributed by atoms with van der Waals surface area (Å²) in [5.74, 6) is 0.238. The molecule has 1 aromatic heterocycles. The number of hydrogen-bond donors (Lipinski definition) is 1. The van der Waals surface area contributed by atoms with Crippen LogP contribution in [0.5, 0.6) is 0 Å². The van der Waals surface area contributed by atoms with Crippen LogP contribution in [0.25, 0.3) is 0 Å². The molecule has 0 unspecified atom stereocenters. The molecule has 150 valence electrons. The highest BCUT2D eigenvalue weighted by atomic mass is 32.1. The average molecular weight is 398 g/mol. The van der Waals surface area contributed by atoms with Crippen LogP contribution in [-0.2, 0) is 17.6 Å². The number of carbonyl (C=O) groups excluding carboxylic acids is 1. The van der Waals surface area contributed by atoms with E-state index in [-0.39, 0.29) is 11.4 Å². The number of amides is 1. The number of aromatic nitrogens is 1. The van der Waals surface area contributed by atoms with Crippen molar-refractivity contribution >= 4 is 17.2 Å². The minimum absolute atomic E-state index is 0.109. The van der Waals surface area contributed by atoms with E-state index in [1.165, 1.54) is 18.4 Å². The molecule has 1 aromatic carbocycles. The summed E-state index contributed by atoms with van der Waals surface area (Å²) in [5.41, 5.74) is 2.18. The van der Waals surface area contributed by atoms with E-state index in [2.05, 4.69) is 52.5 Å². The van der Waals surface area contributed by atoms with E-state index < -0.39 is 0 Å². The molecular weight excluding hydrogens is 366 g/mol. The van der Waals surface area contributed by atoms with Gasteiger partial charge in [0.2, 0.25) is 5.91 Å². The van der Waals surface area contributed by atoms with Crippen molar-refractivity contribution in [2.24, 2.45) is 0 Å². The first-order valence-electron chi connectivity index (χ1n) is 10.6. The first-order valence-corrected chi connectivity index (χ1v) is 11.4. The predicted octanol–water partition coefficient (Wildman–Crippen LogP) is 4.13. The highest BCUT2D eigenvalue weighted by Gasteiger charge is 2.48. The second-order valence-electron chi connectivity index (χ2n) is 8.60. The molecule has 4 nitrogen and oxygen atoms in total. The number of carbonyl (C=O) groups is 1. The van der Waals surface area contributed by atoms with Gasteiger partial charge in [-0.2, -0.15) is 0 Å².